The standard InChI is InChI=1S/C12H16N4O2S2/c1-20(17,18)10-6-14-15-12(10)9-2-4-16(7-9)8-11-13-3-5-19-11/h3,5-6,9H,2,4,7-8H2,1H3,(H,14,15). The van der Waals surface area contributed by atoms with E-state index in [1.54, 1.807) is 11.3 Å². The monoisotopic (exact) mass is 312 g/mol. The smallest absolute Gasteiger partial charge is 0.178 e. The third-order valence-corrected chi connectivity index (χ3v) is 5.44. The van der Waals surface area contributed by atoms with Gasteiger partial charge in [-0.05, 0) is 13.0 Å². The largest absolute Gasteiger partial charge is 0.296 e. The molecule has 0 spiro atoms. The zero-order valence-corrected chi connectivity index (χ0v) is 12.7. The van der Waals surface area contributed by atoms with Gasteiger partial charge in [-0.15, -0.1) is 11.3 Å². The minimum atomic E-state index is -3.22. The minimum absolute atomic E-state index is 0.196. The predicted molar refractivity (Wildman–Crippen MR) is 76.4 cm³/mol. The summed E-state index contributed by atoms with van der Waals surface area (Å²) in [6.07, 6.45) is 5.39. The van der Waals surface area contributed by atoms with Crippen molar-refractivity contribution in [1.82, 2.24) is 20.1 Å². The Kier molecular flexibility index (Phi) is 3.61. The molecule has 0 radical (unpaired) electrons. The Morgan fingerprint density at radius 2 is 2.40 bits per heavy atom. The summed E-state index contributed by atoms with van der Waals surface area (Å²) in [5.74, 6) is 0.196. The molecule has 8 heteroatoms. The molecule has 0 bridgehead atoms. The van der Waals surface area contributed by atoms with Gasteiger partial charge in [-0.3, -0.25) is 10.00 Å². The third-order valence-electron chi connectivity index (χ3n) is 3.55. The van der Waals surface area contributed by atoms with Gasteiger partial charge >= 0.3 is 0 Å². The molecular weight excluding hydrogens is 296 g/mol. The Morgan fingerprint density at radius 3 is 3.10 bits per heavy atom. The van der Waals surface area contributed by atoms with Gasteiger partial charge in [-0.25, -0.2) is 13.4 Å². The second-order valence-corrected chi connectivity index (χ2v) is 8.03. The van der Waals surface area contributed by atoms with Gasteiger partial charge in [0, 0.05) is 30.3 Å². The number of sulfone groups is 1. The highest BCUT2D eigenvalue weighted by Gasteiger charge is 2.29. The van der Waals surface area contributed by atoms with E-state index in [1.165, 1.54) is 12.5 Å². The molecule has 1 atom stereocenters. The van der Waals surface area contributed by atoms with Crippen LogP contribution in [0.3, 0.4) is 0 Å². The lowest BCUT2D eigenvalue weighted by Gasteiger charge is -2.14. The maximum Gasteiger partial charge on any atom is 0.178 e. The van der Waals surface area contributed by atoms with Crippen LogP contribution >= 0.6 is 11.3 Å². The Labute approximate surface area is 121 Å². The molecule has 3 heterocycles. The average molecular weight is 312 g/mol. The highest BCUT2D eigenvalue weighted by Crippen LogP contribution is 2.30. The number of thiazole rings is 1. The average Bonchev–Trinajstić information content (AvgIpc) is 3.08. The number of hydrogen-bond donors (Lipinski definition) is 1. The molecule has 1 aliphatic rings. The van der Waals surface area contributed by atoms with Crippen LogP contribution in [0.2, 0.25) is 0 Å². The van der Waals surface area contributed by atoms with Gasteiger partial charge in [-0.1, -0.05) is 0 Å². The summed E-state index contributed by atoms with van der Waals surface area (Å²) < 4.78 is 23.5. The molecule has 3 rings (SSSR count). The van der Waals surface area contributed by atoms with E-state index in [0.717, 1.165) is 36.8 Å². The van der Waals surface area contributed by atoms with E-state index >= 15 is 0 Å². The van der Waals surface area contributed by atoms with Crippen molar-refractivity contribution in [3.05, 3.63) is 28.5 Å². The van der Waals surface area contributed by atoms with Crippen LogP contribution in [0.5, 0.6) is 0 Å². The fourth-order valence-electron chi connectivity index (χ4n) is 2.61. The summed E-state index contributed by atoms with van der Waals surface area (Å²) in [5, 5.41) is 9.83. The molecule has 0 aromatic carbocycles. The summed E-state index contributed by atoms with van der Waals surface area (Å²) in [5.41, 5.74) is 0.745. The topological polar surface area (TPSA) is 79.0 Å². The number of nitrogens with zero attached hydrogens (tertiary/aromatic N) is 3. The van der Waals surface area contributed by atoms with E-state index in [9.17, 15) is 8.42 Å². The molecule has 1 fully saturated rings. The fraction of sp³-hybridized carbons (Fsp3) is 0.500. The first kappa shape index (κ1) is 13.7. The normalized spacial score (nSPS) is 20.6. The van der Waals surface area contributed by atoms with Crippen LogP contribution in [-0.4, -0.2) is 47.8 Å². The molecule has 0 saturated carbocycles. The molecule has 108 valence electrons. The number of likely N-dealkylation sites (tertiary alicyclic amines) is 1. The molecule has 1 saturated heterocycles. The van der Waals surface area contributed by atoms with Crippen LogP contribution in [0, 0.1) is 0 Å². The van der Waals surface area contributed by atoms with Gasteiger partial charge in [0.1, 0.15) is 9.90 Å². The van der Waals surface area contributed by atoms with E-state index in [1.807, 2.05) is 11.6 Å². The lowest BCUT2D eigenvalue weighted by molar-refractivity contribution is 0.325. The Bertz CT molecular complexity index is 678. The van der Waals surface area contributed by atoms with Gasteiger partial charge in [0.15, 0.2) is 9.84 Å². The molecule has 1 unspecified atom stereocenters. The van der Waals surface area contributed by atoms with Crippen LogP contribution in [-0.2, 0) is 16.4 Å². The van der Waals surface area contributed by atoms with Crippen molar-refractivity contribution < 1.29 is 8.42 Å². The van der Waals surface area contributed by atoms with Gasteiger partial charge in [0.2, 0.25) is 0 Å². The number of rotatable bonds is 4. The highest BCUT2D eigenvalue weighted by molar-refractivity contribution is 7.90. The highest BCUT2D eigenvalue weighted by atomic mass is 32.2. The molecule has 1 aliphatic heterocycles. The quantitative estimate of drug-likeness (QED) is 0.919. The number of aromatic amines is 1. The molecule has 2 aromatic rings. The Balaban J connectivity index is 1.73. The van der Waals surface area contributed by atoms with Crippen molar-refractivity contribution in [2.45, 2.75) is 23.8 Å². The van der Waals surface area contributed by atoms with Gasteiger partial charge in [0.05, 0.1) is 18.4 Å². The third kappa shape index (κ3) is 2.77. The second-order valence-electron chi connectivity index (χ2n) is 5.07. The van der Waals surface area contributed by atoms with Crippen molar-refractivity contribution in [2.75, 3.05) is 19.3 Å². The van der Waals surface area contributed by atoms with E-state index < -0.39 is 9.84 Å². The van der Waals surface area contributed by atoms with Gasteiger partial charge in [0.25, 0.3) is 0 Å². The number of hydrogen-bond acceptors (Lipinski definition) is 6. The zero-order chi connectivity index (χ0) is 14.2. The maximum absolute atomic E-state index is 11.7. The molecule has 0 aliphatic carbocycles. The van der Waals surface area contributed by atoms with Crippen molar-refractivity contribution in [1.29, 1.82) is 0 Å². The van der Waals surface area contributed by atoms with Crippen molar-refractivity contribution in [2.24, 2.45) is 0 Å². The fourth-order valence-corrected chi connectivity index (χ4v) is 4.12. The maximum atomic E-state index is 11.7. The van der Waals surface area contributed by atoms with Crippen LogP contribution in [0.15, 0.2) is 22.7 Å². The Hall–Kier alpha value is -1.25. The first-order chi connectivity index (χ1) is 9.54. The minimum Gasteiger partial charge on any atom is -0.296 e. The molecule has 2 aromatic heterocycles. The molecule has 20 heavy (non-hydrogen) atoms. The summed E-state index contributed by atoms with van der Waals surface area (Å²) in [4.78, 5) is 6.92. The van der Waals surface area contributed by atoms with Crippen LogP contribution in [0.25, 0.3) is 0 Å². The molecule has 6 nitrogen and oxygen atoms in total. The molecule has 0 amide bonds. The van der Waals surface area contributed by atoms with Crippen LogP contribution in [0.4, 0.5) is 0 Å². The number of H-pyrrole nitrogens is 1. The van der Waals surface area contributed by atoms with Crippen LogP contribution < -0.4 is 0 Å². The lowest BCUT2D eigenvalue weighted by atomic mass is 10.1. The van der Waals surface area contributed by atoms with Crippen molar-refractivity contribution in [3.63, 3.8) is 0 Å². The Morgan fingerprint density at radius 1 is 1.55 bits per heavy atom. The van der Waals surface area contributed by atoms with Gasteiger partial charge in [-0.2, -0.15) is 5.10 Å². The van der Waals surface area contributed by atoms with E-state index in [4.69, 9.17) is 0 Å². The lowest BCUT2D eigenvalue weighted by Crippen LogP contribution is -2.20. The number of nitrogens with one attached hydrogen (secondary N) is 1. The van der Waals surface area contributed by atoms with Gasteiger partial charge < -0.3 is 0 Å². The summed E-state index contributed by atoms with van der Waals surface area (Å²) >= 11 is 1.65. The van der Waals surface area contributed by atoms with E-state index in [2.05, 4.69) is 20.1 Å². The summed E-state index contributed by atoms with van der Waals surface area (Å²) in [6, 6.07) is 0. The second kappa shape index (κ2) is 5.27. The zero-order valence-electron chi connectivity index (χ0n) is 11.1. The van der Waals surface area contributed by atoms with Crippen molar-refractivity contribution in [3.8, 4) is 0 Å². The SMILES string of the molecule is CS(=O)(=O)c1cn[nH]c1C1CCN(Cc2nccs2)C1. The predicted octanol–water partition coefficient (Wildman–Crippen LogP) is 1.26. The van der Waals surface area contributed by atoms with E-state index in [-0.39, 0.29) is 5.92 Å². The number of aromatic nitrogens is 3. The molecule has 1 N–H and O–H groups in total. The van der Waals surface area contributed by atoms with Crippen molar-refractivity contribution >= 4 is 21.2 Å². The first-order valence-electron chi connectivity index (χ1n) is 6.38. The van der Waals surface area contributed by atoms with Crippen LogP contribution in [0.1, 0.15) is 23.0 Å². The molecular formula is C12H16N4O2S2. The summed E-state index contributed by atoms with van der Waals surface area (Å²) in [7, 11) is -3.22. The van der Waals surface area contributed by atoms with E-state index in [0.29, 0.717) is 4.90 Å². The first-order valence-corrected chi connectivity index (χ1v) is 9.15. The summed E-state index contributed by atoms with van der Waals surface area (Å²) in [6.45, 7) is 2.62.